The fourth-order valence-electron chi connectivity index (χ4n) is 1.96. The minimum absolute atomic E-state index is 0.221. The Morgan fingerprint density at radius 2 is 1.30 bits per heavy atom. The molecule has 0 saturated carbocycles. The van der Waals surface area contributed by atoms with E-state index in [-0.39, 0.29) is 6.42 Å². The first-order valence-electron chi connectivity index (χ1n) is 7.56. The zero-order chi connectivity index (χ0) is 15.2. The summed E-state index contributed by atoms with van der Waals surface area (Å²) in [5.41, 5.74) is 0. The van der Waals surface area contributed by atoms with E-state index in [1.807, 2.05) is 0 Å². The summed E-state index contributed by atoms with van der Waals surface area (Å²) in [5.74, 6) is -2.42. The van der Waals surface area contributed by atoms with E-state index in [0.29, 0.717) is 12.5 Å². The molecule has 0 aromatic heterocycles. The predicted octanol–water partition coefficient (Wildman–Crippen LogP) is 3.69. The van der Waals surface area contributed by atoms with Crippen LogP contribution in [0.2, 0.25) is 0 Å². The van der Waals surface area contributed by atoms with Gasteiger partial charge in [0.15, 0.2) is 0 Å². The fourth-order valence-corrected chi connectivity index (χ4v) is 1.96. The van der Waals surface area contributed by atoms with E-state index in [1.54, 1.807) is 0 Å². The first kappa shape index (κ1) is 18.6. The van der Waals surface area contributed by atoms with Crippen LogP contribution >= 0.6 is 0 Å². The number of allylic oxidation sites excluding steroid dienone is 1. The lowest BCUT2D eigenvalue weighted by Gasteiger charge is -2.01. The highest BCUT2D eigenvalue weighted by Gasteiger charge is 2.09. The molecule has 0 heterocycles. The van der Waals surface area contributed by atoms with Gasteiger partial charge in [-0.3, -0.25) is 9.59 Å². The number of aliphatic carboxylic acids is 1. The van der Waals surface area contributed by atoms with Crippen LogP contribution in [0, 0.1) is 0 Å². The van der Waals surface area contributed by atoms with Crippen molar-refractivity contribution in [2.45, 2.75) is 71.1 Å². The number of ketones is 2. The Balaban J connectivity index is 3.48. The van der Waals surface area contributed by atoms with E-state index in [2.05, 4.69) is 6.92 Å². The van der Waals surface area contributed by atoms with Gasteiger partial charge in [0.25, 0.3) is 0 Å². The summed E-state index contributed by atoms with van der Waals surface area (Å²) < 4.78 is 0. The summed E-state index contributed by atoms with van der Waals surface area (Å²) in [6, 6.07) is 0. The zero-order valence-corrected chi connectivity index (χ0v) is 12.4. The number of unbranched alkanes of at least 4 members (excludes halogenated alkanes) is 8. The topological polar surface area (TPSA) is 71.4 Å². The van der Waals surface area contributed by atoms with Crippen molar-refractivity contribution in [3.8, 4) is 0 Å². The highest BCUT2D eigenvalue weighted by atomic mass is 16.4. The van der Waals surface area contributed by atoms with Crippen molar-refractivity contribution in [1.82, 2.24) is 0 Å². The molecule has 4 nitrogen and oxygen atoms in total. The number of carbonyl (C=O) groups excluding carboxylic acids is 2. The van der Waals surface area contributed by atoms with Gasteiger partial charge in [0.2, 0.25) is 11.6 Å². The standard InChI is InChI=1S/C16H26O4/c1-2-3-4-5-6-7-8-9-10-11-14(17)15(18)12-13-16(19)20/h12-13H,2-11H2,1H3,(H,19,20). The number of hydrogen-bond donors (Lipinski definition) is 1. The molecule has 114 valence electrons. The normalized spacial score (nSPS) is 10.8. The maximum Gasteiger partial charge on any atom is 0.328 e. The summed E-state index contributed by atoms with van der Waals surface area (Å²) in [4.78, 5) is 32.8. The molecule has 0 aromatic carbocycles. The summed E-state index contributed by atoms with van der Waals surface area (Å²) >= 11 is 0. The maximum atomic E-state index is 11.4. The Labute approximate surface area is 121 Å². The van der Waals surface area contributed by atoms with Gasteiger partial charge < -0.3 is 5.11 Å². The Hall–Kier alpha value is -1.45. The van der Waals surface area contributed by atoms with Gasteiger partial charge in [0, 0.05) is 12.5 Å². The number of carbonyl (C=O) groups is 3. The van der Waals surface area contributed by atoms with Crippen LogP contribution in [0.3, 0.4) is 0 Å². The number of carboxylic acid groups (broad SMARTS) is 1. The molecule has 0 aromatic rings. The van der Waals surface area contributed by atoms with Crippen molar-refractivity contribution in [3.05, 3.63) is 12.2 Å². The Morgan fingerprint density at radius 3 is 1.80 bits per heavy atom. The van der Waals surface area contributed by atoms with Crippen molar-refractivity contribution in [2.75, 3.05) is 0 Å². The molecule has 0 spiro atoms. The third-order valence-corrected chi connectivity index (χ3v) is 3.16. The molecule has 0 fully saturated rings. The lowest BCUT2D eigenvalue weighted by Crippen LogP contribution is -2.11. The van der Waals surface area contributed by atoms with Gasteiger partial charge in [0.1, 0.15) is 0 Å². The molecule has 1 N–H and O–H groups in total. The highest BCUT2D eigenvalue weighted by molar-refractivity contribution is 6.41. The molecule has 0 rings (SSSR count). The monoisotopic (exact) mass is 282 g/mol. The Kier molecular flexibility index (Phi) is 11.7. The molecule has 0 aliphatic rings. The van der Waals surface area contributed by atoms with E-state index in [1.165, 1.54) is 38.5 Å². The van der Waals surface area contributed by atoms with E-state index >= 15 is 0 Å². The predicted molar refractivity (Wildman–Crippen MR) is 78.6 cm³/mol. The van der Waals surface area contributed by atoms with Crippen LogP contribution in [0.15, 0.2) is 12.2 Å². The minimum atomic E-state index is -1.21. The van der Waals surface area contributed by atoms with Crippen molar-refractivity contribution in [3.63, 3.8) is 0 Å². The van der Waals surface area contributed by atoms with Crippen LogP contribution in [-0.2, 0) is 14.4 Å². The SMILES string of the molecule is CCCCCCCCCCCC(=O)C(=O)C=CC(=O)O. The van der Waals surface area contributed by atoms with Crippen LogP contribution in [0.4, 0.5) is 0 Å². The number of hydrogen-bond acceptors (Lipinski definition) is 3. The largest absolute Gasteiger partial charge is 0.478 e. The van der Waals surface area contributed by atoms with Gasteiger partial charge in [-0.2, -0.15) is 0 Å². The third kappa shape index (κ3) is 11.6. The quantitative estimate of drug-likeness (QED) is 0.318. The summed E-state index contributed by atoms with van der Waals surface area (Å²) in [5, 5.41) is 8.34. The molecule has 4 heteroatoms. The lowest BCUT2D eigenvalue weighted by atomic mass is 10.0. The van der Waals surface area contributed by atoms with Gasteiger partial charge in [0.05, 0.1) is 0 Å². The van der Waals surface area contributed by atoms with E-state index in [4.69, 9.17) is 5.11 Å². The molecule has 0 radical (unpaired) electrons. The first-order valence-corrected chi connectivity index (χ1v) is 7.56. The maximum absolute atomic E-state index is 11.4. The van der Waals surface area contributed by atoms with Crippen LogP contribution in [0.5, 0.6) is 0 Å². The second kappa shape index (κ2) is 12.6. The first-order chi connectivity index (χ1) is 9.57. The summed E-state index contributed by atoms with van der Waals surface area (Å²) in [6.07, 6.45) is 12.1. The second-order valence-electron chi connectivity index (χ2n) is 5.04. The number of carboxylic acids is 1. The van der Waals surface area contributed by atoms with Crippen molar-refractivity contribution in [1.29, 1.82) is 0 Å². The second-order valence-corrected chi connectivity index (χ2v) is 5.04. The number of rotatable bonds is 13. The smallest absolute Gasteiger partial charge is 0.328 e. The summed E-state index contributed by atoms with van der Waals surface area (Å²) in [6.45, 7) is 2.20. The average Bonchev–Trinajstić information content (AvgIpc) is 2.42. The zero-order valence-electron chi connectivity index (χ0n) is 12.4. The fraction of sp³-hybridized carbons (Fsp3) is 0.688. The van der Waals surface area contributed by atoms with E-state index in [9.17, 15) is 14.4 Å². The molecule has 0 amide bonds. The molecule has 0 atom stereocenters. The van der Waals surface area contributed by atoms with Gasteiger partial charge in [-0.05, 0) is 12.5 Å². The molecular formula is C16H26O4. The van der Waals surface area contributed by atoms with E-state index < -0.39 is 17.5 Å². The lowest BCUT2D eigenvalue weighted by molar-refractivity contribution is -0.134. The van der Waals surface area contributed by atoms with Gasteiger partial charge in [-0.25, -0.2) is 4.79 Å². The van der Waals surface area contributed by atoms with E-state index in [0.717, 1.165) is 18.9 Å². The van der Waals surface area contributed by atoms with Gasteiger partial charge in [-0.15, -0.1) is 0 Å². The van der Waals surface area contributed by atoms with Crippen LogP contribution in [-0.4, -0.2) is 22.6 Å². The molecular weight excluding hydrogens is 256 g/mol. The molecule has 0 aliphatic heterocycles. The number of Topliss-reactive ketones (excluding diaryl/α,β-unsaturated/α-hetero) is 1. The third-order valence-electron chi connectivity index (χ3n) is 3.16. The minimum Gasteiger partial charge on any atom is -0.478 e. The van der Waals surface area contributed by atoms with Crippen LogP contribution < -0.4 is 0 Å². The molecule has 0 unspecified atom stereocenters. The van der Waals surface area contributed by atoms with Crippen LogP contribution in [0.25, 0.3) is 0 Å². The van der Waals surface area contributed by atoms with Crippen molar-refractivity contribution < 1.29 is 19.5 Å². The molecule has 0 saturated heterocycles. The van der Waals surface area contributed by atoms with Crippen LogP contribution in [0.1, 0.15) is 71.1 Å². The Morgan fingerprint density at radius 1 is 0.800 bits per heavy atom. The highest BCUT2D eigenvalue weighted by Crippen LogP contribution is 2.10. The average molecular weight is 282 g/mol. The molecule has 0 aliphatic carbocycles. The van der Waals surface area contributed by atoms with Crippen molar-refractivity contribution >= 4 is 17.5 Å². The molecule has 0 bridgehead atoms. The van der Waals surface area contributed by atoms with Gasteiger partial charge >= 0.3 is 5.97 Å². The van der Waals surface area contributed by atoms with Gasteiger partial charge in [-0.1, -0.05) is 58.3 Å². The Bertz CT molecular complexity index is 331. The molecule has 20 heavy (non-hydrogen) atoms. The van der Waals surface area contributed by atoms with Crippen molar-refractivity contribution in [2.24, 2.45) is 0 Å². The summed E-state index contributed by atoms with van der Waals surface area (Å²) in [7, 11) is 0.